The van der Waals surface area contributed by atoms with Crippen molar-refractivity contribution in [2.24, 2.45) is 0 Å². The molecule has 0 fully saturated rings. The van der Waals surface area contributed by atoms with Gasteiger partial charge in [0.25, 0.3) is 0 Å². The maximum Gasteiger partial charge on any atom is 0.244 e. The van der Waals surface area contributed by atoms with Crippen LogP contribution in [0.1, 0.15) is 31.4 Å². The minimum Gasteiger partial charge on any atom is -0.357 e. The first-order chi connectivity index (χ1) is 15.1. The lowest BCUT2D eigenvalue weighted by atomic mass is 10.1. The Bertz CT molecular complexity index is 1020. The van der Waals surface area contributed by atoms with E-state index >= 15 is 0 Å². The number of rotatable bonds is 10. The highest BCUT2D eigenvalue weighted by molar-refractivity contribution is 7.92. The first-order valence-corrected chi connectivity index (χ1v) is 12.7. The molecule has 0 unspecified atom stereocenters. The average molecular weight is 480 g/mol. The number of hydrogen-bond acceptors (Lipinski definition) is 4. The molecule has 0 spiro atoms. The van der Waals surface area contributed by atoms with Crippen LogP contribution >= 0.6 is 11.6 Å². The van der Waals surface area contributed by atoms with Crippen molar-refractivity contribution in [3.8, 4) is 0 Å². The number of benzene rings is 2. The van der Waals surface area contributed by atoms with Crippen molar-refractivity contribution >= 4 is 39.1 Å². The summed E-state index contributed by atoms with van der Waals surface area (Å²) in [4.78, 5) is 27.3. The molecule has 7 nitrogen and oxygen atoms in total. The van der Waals surface area contributed by atoms with Gasteiger partial charge < -0.3 is 10.2 Å². The molecule has 2 rings (SSSR count). The number of aryl methyl sites for hydroxylation is 1. The summed E-state index contributed by atoms with van der Waals surface area (Å²) in [6.45, 7) is 3.55. The normalized spacial score (nSPS) is 12.2. The quantitative estimate of drug-likeness (QED) is 0.566. The highest BCUT2D eigenvalue weighted by atomic mass is 35.5. The van der Waals surface area contributed by atoms with Crippen LogP contribution in [-0.4, -0.2) is 51.0 Å². The maximum absolute atomic E-state index is 13.4. The number of nitrogens with zero attached hydrogens (tertiary/aromatic N) is 2. The molecular weight excluding hydrogens is 450 g/mol. The van der Waals surface area contributed by atoms with Gasteiger partial charge in [0.2, 0.25) is 21.8 Å². The molecule has 2 aromatic carbocycles. The Morgan fingerprint density at radius 3 is 2.03 bits per heavy atom. The zero-order valence-electron chi connectivity index (χ0n) is 18.8. The van der Waals surface area contributed by atoms with Gasteiger partial charge in [0, 0.05) is 18.6 Å². The first-order valence-electron chi connectivity index (χ1n) is 10.4. The van der Waals surface area contributed by atoms with Crippen LogP contribution in [0.4, 0.5) is 5.69 Å². The van der Waals surface area contributed by atoms with E-state index in [1.807, 2.05) is 19.1 Å². The van der Waals surface area contributed by atoms with Crippen LogP contribution in [0.2, 0.25) is 5.02 Å². The summed E-state index contributed by atoms with van der Waals surface area (Å²) in [5, 5.41) is 3.15. The monoisotopic (exact) mass is 479 g/mol. The number of nitrogens with one attached hydrogen (secondary N) is 1. The van der Waals surface area contributed by atoms with Gasteiger partial charge in [0.1, 0.15) is 12.6 Å². The summed E-state index contributed by atoms with van der Waals surface area (Å²) in [7, 11) is -2.23. The molecule has 0 saturated carbocycles. The van der Waals surface area contributed by atoms with E-state index in [2.05, 4.69) is 5.32 Å². The van der Waals surface area contributed by atoms with E-state index in [9.17, 15) is 18.0 Å². The lowest BCUT2D eigenvalue weighted by molar-refractivity contribution is -0.140. The van der Waals surface area contributed by atoms with Crippen molar-refractivity contribution < 1.29 is 18.0 Å². The molecule has 32 heavy (non-hydrogen) atoms. The minimum atomic E-state index is -3.73. The van der Waals surface area contributed by atoms with E-state index < -0.39 is 28.5 Å². The number of carbonyl (C=O) groups is 2. The molecule has 0 saturated heterocycles. The largest absolute Gasteiger partial charge is 0.357 e. The molecule has 0 bridgehead atoms. The van der Waals surface area contributed by atoms with Crippen molar-refractivity contribution in [3.63, 3.8) is 0 Å². The van der Waals surface area contributed by atoms with Gasteiger partial charge in [-0.2, -0.15) is 0 Å². The van der Waals surface area contributed by atoms with Crippen molar-refractivity contribution in [2.75, 3.05) is 24.2 Å². The second-order valence-corrected chi connectivity index (χ2v) is 9.82. The average Bonchev–Trinajstić information content (AvgIpc) is 2.77. The molecule has 2 amide bonds. The van der Waals surface area contributed by atoms with Crippen LogP contribution in [0, 0.1) is 0 Å². The third kappa shape index (κ3) is 6.71. The first kappa shape index (κ1) is 25.7. The number of sulfonamides is 1. The molecule has 0 aliphatic carbocycles. The third-order valence-corrected chi connectivity index (χ3v) is 6.60. The molecule has 174 valence electrons. The van der Waals surface area contributed by atoms with E-state index in [0.29, 0.717) is 17.1 Å². The van der Waals surface area contributed by atoms with Gasteiger partial charge in [-0.25, -0.2) is 8.42 Å². The topological polar surface area (TPSA) is 86.8 Å². The highest BCUT2D eigenvalue weighted by Crippen LogP contribution is 2.21. The Morgan fingerprint density at radius 2 is 1.56 bits per heavy atom. The van der Waals surface area contributed by atoms with Crippen LogP contribution in [-0.2, 0) is 32.6 Å². The SMILES string of the molecule is CCc1ccc(N(CC(=O)N(Cc2ccc(Cl)cc2)[C@H](CC)C(=O)NC)S(C)(=O)=O)cc1. The van der Waals surface area contributed by atoms with Crippen molar-refractivity contribution in [3.05, 3.63) is 64.7 Å². The third-order valence-electron chi connectivity index (χ3n) is 5.21. The Kier molecular flexibility index (Phi) is 9.09. The van der Waals surface area contributed by atoms with Gasteiger partial charge in [-0.1, -0.05) is 49.7 Å². The molecular formula is C23H30ClN3O4S. The summed E-state index contributed by atoms with van der Waals surface area (Å²) in [6, 6.07) is 13.3. The predicted molar refractivity (Wildman–Crippen MR) is 128 cm³/mol. The fraction of sp³-hybridized carbons (Fsp3) is 0.391. The van der Waals surface area contributed by atoms with E-state index in [4.69, 9.17) is 11.6 Å². The Balaban J connectivity index is 2.39. The zero-order chi connectivity index (χ0) is 23.9. The summed E-state index contributed by atoms with van der Waals surface area (Å²) >= 11 is 5.96. The summed E-state index contributed by atoms with van der Waals surface area (Å²) < 4.78 is 26.1. The molecule has 0 heterocycles. The van der Waals surface area contributed by atoms with Crippen LogP contribution in [0.25, 0.3) is 0 Å². The Hall–Kier alpha value is -2.58. The molecule has 1 atom stereocenters. The van der Waals surface area contributed by atoms with E-state index in [0.717, 1.165) is 28.1 Å². The van der Waals surface area contributed by atoms with Crippen LogP contribution < -0.4 is 9.62 Å². The standard InChI is InChI=1S/C23H30ClN3O4S/c1-5-17-9-13-20(14-10-17)27(32(4,30)31)16-22(28)26(21(6-2)23(29)25-3)15-18-7-11-19(24)12-8-18/h7-14,21H,5-6,15-16H2,1-4H3,(H,25,29)/t21-/m1/s1. The molecule has 0 aromatic heterocycles. The molecule has 0 radical (unpaired) electrons. The highest BCUT2D eigenvalue weighted by Gasteiger charge is 2.31. The van der Waals surface area contributed by atoms with Crippen LogP contribution in [0.3, 0.4) is 0 Å². The van der Waals surface area contributed by atoms with Gasteiger partial charge in [0.05, 0.1) is 11.9 Å². The number of likely N-dealkylation sites (N-methyl/N-ethyl adjacent to an activating group) is 1. The second-order valence-electron chi connectivity index (χ2n) is 7.48. The zero-order valence-corrected chi connectivity index (χ0v) is 20.4. The maximum atomic E-state index is 13.4. The van der Waals surface area contributed by atoms with Gasteiger partial charge in [-0.05, 0) is 48.2 Å². The molecule has 0 aliphatic rings. The molecule has 2 aromatic rings. The van der Waals surface area contributed by atoms with Gasteiger partial charge in [0.15, 0.2) is 0 Å². The van der Waals surface area contributed by atoms with Gasteiger partial charge in [-0.15, -0.1) is 0 Å². The number of anilines is 1. The number of hydrogen-bond donors (Lipinski definition) is 1. The summed E-state index contributed by atoms with van der Waals surface area (Å²) in [6.07, 6.45) is 2.26. The van der Waals surface area contributed by atoms with Crippen molar-refractivity contribution in [2.45, 2.75) is 39.3 Å². The van der Waals surface area contributed by atoms with Gasteiger partial charge in [-0.3, -0.25) is 13.9 Å². The van der Waals surface area contributed by atoms with E-state index in [1.54, 1.807) is 43.3 Å². The van der Waals surface area contributed by atoms with Crippen LogP contribution in [0.5, 0.6) is 0 Å². The number of halogens is 1. The Labute approximate surface area is 195 Å². The second kappa shape index (κ2) is 11.3. The van der Waals surface area contributed by atoms with Crippen molar-refractivity contribution in [1.82, 2.24) is 10.2 Å². The molecule has 1 N–H and O–H groups in total. The van der Waals surface area contributed by atoms with Crippen molar-refractivity contribution in [1.29, 1.82) is 0 Å². The smallest absolute Gasteiger partial charge is 0.244 e. The fourth-order valence-electron chi connectivity index (χ4n) is 3.38. The lowest BCUT2D eigenvalue weighted by Gasteiger charge is -2.32. The van der Waals surface area contributed by atoms with E-state index in [1.165, 1.54) is 11.9 Å². The minimum absolute atomic E-state index is 0.147. The predicted octanol–water partition coefficient (Wildman–Crippen LogP) is 3.22. The fourth-order valence-corrected chi connectivity index (χ4v) is 4.36. The molecule has 0 aliphatic heterocycles. The molecule has 9 heteroatoms. The lowest BCUT2D eigenvalue weighted by Crippen LogP contribution is -2.51. The summed E-state index contributed by atoms with van der Waals surface area (Å²) in [5.41, 5.74) is 2.24. The number of carbonyl (C=O) groups excluding carboxylic acids is 2. The van der Waals surface area contributed by atoms with E-state index in [-0.39, 0.29) is 12.5 Å². The van der Waals surface area contributed by atoms with Crippen LogP contribution in [0.15, 0.2) is 48.5 Å². The Morgan fingerprint density at radius 1 is 1.00 bits per heavy atom. The van der Waals surface area contributed by atoms with Gasteiger partial charge >= 0.3 is 0 Å². The summed E-state index contributed by atoms with van der Waals surface area (Å²) in [5.74, 6) is -0.784. The number of amides is 2.